The smallest absolute Gasteiger partial charge is 0.262 e. The summed E-state index contributed by atoms with van der Waals surface area (Å²) >= 11 is 1.52. The van der Waals surface area contributed by atoms with Crippen LogP contribution in [-0.2, 0) is 11.3 Å². The second kappa shape index (κ2) is 7.87. The van der Waals surface area contributed by atoms with Crippen LogP contribution in [-0.4, -0.2) is 21.5 Å². The zero-order valence-corrected chi connectivity index (χ0v) is 17.1. The van der Waals surface area contributed by atoms with Crippen LogP contribution in [0.1, 0.15) is 38.2 Å². The zero-order chi connectivity index (χ0) is 19.7. The molecule has 3 aromatic rings. The molecule has 1 aromatic carbocycles. The van der Waals surface area contributed by atoms with Crippen molar-refractivity contribution in [3.05, 3.63) is 52.6 Å². The maximum absolute atomic E-state index is 13.0. The summed E-state index contributed by atoms with van der Waals surface area (Å²) < 4.78 is 1.43. The van der Waals surface area contributed by atoms with Crippen molar-refractivity contribution in [3.8, 4) is 10.4 Å². The Hall–Kier alpha value is -2.47. The predicted molar refractivity (Wildman–Crippen MR) is 114 cm³/mol. The minimum atomic E-state index is -0.146. The number of fused-ring (bicyclic) bond motifs is 1. The average Bonchev–Trinajstić information content (AvgIpc) is 3.04. The van der Waals surface area contributed by atoms with Crippen LogP contribution < -0.4 is 10.9 Å². The number of benzene rings is 1. The highest BCUT2D eigenvalue weighted by atomic mass is 32.1. The first-order valence-corrected chi connectivity index (χ1v) is 10.7. The molecule has 0 saturated heterocycles. The monoisotopic (exact) mass is 395 g/mol. The molecule has 1 saturated carbocycles. The van der Waals surface area contributed by atoms with Gasteiger partial charge in [0.1, 0.15) is 11.4 Å². The van der Waals surface area contributed by atoms with Crippen molar-refractivity contribution in [2.24, 2.45) is 5.92 Å². The van der Waals surface area contributed by atoms with Crippen molar-refractivity contribution in [2.75, 3.05) is 0 Å². The first kappa shape index (κ1) is 18.9. The van der Waals surface area contributed by atoms with E-state index in [1.165, 1.54) is 28.7 Å². The normalized spacial score (nSPS) is 19.6. The van der Waals surface area contributed by atoms with Crippen LogP contribution in [0.2, 0.25) is 0 Å². The van der Waals surface area contributed by atoms with Gasteiger partial charge in [-0.05, 0) is 36.8 Å². The summed E-state index contributed by atoms with van der Waals surface area (Å²) in [6.45, 7) is 4.16. The van der Waals surface area contributed by atoms with Crippen molar-refractivity contribution in [3.63, 3.8) is 0 Å². The van der Waals surface area contributed by atoms with Gasteiger partial charge < -0.3 is 5.32 Å². The molecule has 1 aliphatic rings. The number of rotatable bonds is 4. The number of nitrogens with zero attached hydrogens (tertiary/aromatic N) is 2. The number of hydrogen-bond acceptors (Lipinski definition) is 4. The van der Waals surface area contributed by atoms with Gasteiger partial charge in [0.2, 0.25) is 5.91 Å². The third-order valence-electron chi connectivity index (χ3n) is 5.73. The van der Waals surface area contributed by atoms with Crippen molar-refractivity contribution in [1.29, 1.82) is 0 Å². The SMILES string of the molecule is Cc1c(-c2ccccc2)sc2ncn(CC(=O)NC3CCCCC3C)c(=O)c12. The van der Waals surface area contributed by atoms with Gasteiger partial charge in [-0.2, -0.15) is 0 Å². The van der Waals surface area contributed by atoms with E-state index >= 15 is 0 Å². The van der Waals surface area contributed by atoms with E-state index in [1.807, 2.05) is 37.3 Å². The Morgan fingerprint density at radius 1 is 1.25 bits per heavy atom. The second-order valence-corrected chi connectivity index (χ2v) is 8.71. The fourth-order valence-electron chi connectivity index (χ4n) is 4.07. The van der Waals surface area contributed by atoms with E-state index in [9.17, 15) is 9.59 Å². The number of aryl methyl sites for hydroxylation is 1. The zero-order valence-electron chi connectivity index (χ0n) is 16.3. The van der Waals surface area contributed by atoms with Crippen LogP contribution in [0.3, 0.4) is 0 Å². The third-order valence-corrected chi connectivity index (χ3v) is 6.97. The van der Waals surface area contributed by atoms with Gasteiger partial charge in [0, 0.05) is 10.9 Å². The lowest BCUT2D eigenvalue weighted by Gasteiger charge is -2.29. The topological polar surface area (TPSA) is 64.0 Å². The fourth-order valence-corrected chi connectivity index (χ4v) is 5.22. The van der Waals surface area contributed by atoms with Crippen molar-refractivity contribution in [2.45, 2.75) is 52.1 Å². The molecule has 1 fully saturated rings. The van der Waals surface area contributed by atoms with Crippen LogP contribution in [0.15, 0.2) is 41.5 Å². The van der Waals surface area contributed by atoms with E-state index in [4.69, 9.17) is 0 Å². The minimum Gasteiger partial charge on any atom is -0.352 e. The highest BCUT2D eigenvalue weighted by Gasteiger charge is 2.23. The van der Waals surface area contributed by atoms with E-state index in [0.717, 1.165) is 40.1 Å². The van der Waals surface area contributed by atoms with Crippen molar-refractivity contribution < 1.29 is 4.79 Å². The van der Waals surface area contributed by atoms with Crippen LogP contribution in [0.4, 0.5) is 0 Å². The van der Waals surface area contributed by atoms with Gasteiger partial charge in [0.15, 0.2) is 0 Å². The molecular formula is C22H25N3O2S. The lowest BCUT2D eigenvalue weighted by Crippen LogP contribution is -2.43. The summed E-state index contributed by atoms with van der Waals surface area (Å²) in [5, 5.41) is 3.73. The number of amides is 1. The number of nitrogens with one attached hydrogen (secondary N) is 1. The van der Waals surface area contributed by atoms with Gasteiger partial charge in [-0.3, -0.25) is 14.2 Å². The molecule has 1 amide bonds. The van der Waals surface area contributed by atoms with E-state index in [0.29, 0.717) is 11.3 Å². The Labute approximate surface area is 168 Å². The number of hydrogen-bond donors (Lipinski definition) is 1. The molecule has 2 heterocycles. The molecular weight excluding hydrogens is 370 g/mol. The van der Waals surface area contributed by atoms with Crippen LogP contribution in [0, 0.1) is 12.8 Å². The summed E-state index contributed by atoms with van der Waals surface area (Å²) in [6.07, 6.45) is 6.05. The molecule has 1 aliphatic carbocycles. The molecule has 4 rings (SSSR count). The van der Waals surface area contributed by atoms with E-state index in [1.54, 1.807) is 0 Å². The number of thiophene rings is 1. The Morgan fingerprint density at radius 3 is 2.75 bits per heavy atom. The van der Waals surface area contributed by atoms with E-state index < -0.39 is 0 Å². The molecule has 0 bridgehead atoms. The maximum atomic E-state index is 13.0. The van der Waals surface area contributed by atoms with Gasteiger partial charge in [0.25, 0.3) is 5.56 Å². The van der Waals surface area contributed by atoms with Crippen LogP contribution >= 0.6 is 11.3 Å². The second-order valence-electron chi connectivity index (χ2n) is 7.72. The Balaban J connectivity index is 1.60. The molecule has 146 valence electrons. The highest BCUT2D eigenvalue weighted by Crippen LogP contribution is 2.35. The maximum Gasteiger partial charge on any atom is 0.262 e. The number of carbonyl (C=O) groups is 1. The fraction of sp³-hybridized carbons (Fsp3) is 0.409. The number of carbonyl (C=O) groups excluding carboxylic acids is 1. The van der Waals surface area contributed by atoms with E-state index in [2.05, 4.69) is 17.2 Å². The van der Waals surface area contributed by atoms with Crippen molar-refractivity contribution >= 4 is 27.5 Å². The average molecular weight is 396 g/mol. The van der Waals surface area contributed by atoms with Crippen LogP contribution in [0.5, 0.6) is 0 Å². The molecule has 28 heavy (non-hydrogen) atoms. The number of aromatic nitrogens is 2. The lowest BCUT2D eigenvalue weighted by molar-refractivity contribution is -0.123. The van der Waals surface area contributed by atoms with Gasteiger partial charge in [-0.15, -0.1) is 11.3 Å². The predicted octanol–water partition coefficient (Wildman–Crippen LogP) is 4.13. The Bertz CT molecular complexity index is 1050. The summed E-state index contributed by atoms with van der Waals surface area (Å²) in [5.41, 5.74) is 1.87. The molecule has 2 atom stereocenters. The van der Waals surface area contributed by atoms with Crippen LogP contribution in [0.25, 0.3) is 20.7 Å². The Morgan fingerprint density at radius 2 is 2.00 bits per heavy atom. The molecule has 0 aliphatic heterocycles. The quantitative estimate of drug-likeness (QED) is 0.722. The summed E-state index contributed by atoms with van der Waals surface area (Å²) in [4.78, 5) is 31.8. The molecule has 5 nitrogen and oxygen atoms in total. The standard InChI is InChI=1S/C22H25N3O2S/c1-14-8-6-7-11-17(14)24-18(26)12-25-13-23-21-19(22(25)27)15(2)20(28-21)16-9-4-3-5-10-16/h3-5,9-10,13-14,17H,6-8,11-12H2,1-2H3,(H,24,26). The first-order valence-electron chi connectivity index (χ1n) is 9.88. The summed E-state index contributed by atoms with van der Waals surface area (Å²) in [5.74, 6) is 0.376. The lowest BCUT2D eigenvalue weighted by atomic mass is 9.86. The summed E-state index contributed by atoms with van der Waals surface area (Å²) in [6, 6.07) is 10.2. The van der Waals surface area contributed by atoms with Gasteiger partial charge in [-0.25, -0.2) is 4.98 Å². The molecule has 0 spiro atoms. The van der Waals surface area contributed by atoms with Gasteiger partial charge in [-0.1, -0.05) is 50.1 Å². The van der Waals surface area contributed by atoms with E-state index in [-0.39, 0.29) is 24.1 Å². The van der Waals surface area contributed by atoms with Gasteiger partial charge >= 0.3 is 0 Å². The molecule has 6 heteroatoms. The third kappa shape index (κ3) is 3.61. The molecule has 2 aromatic heterocycles. The summed E-state index contributed by atoms with van der Waals surface area (Å²) in [7, 11) is 0. The first-order chi connectivity index (χ1) is 13.5. The molecule has 1 N–H and O–H groups in total. The van der Waals surface area contributed by atoms with Crippen molar-refractivity contribution in [1.82, 2.24) is 14.9 Å². The molecule has 2 unspecified atom stereocenters. The highest BCUT2D eigenvalue weighted by molar-refractivity contribution is 7.22. The molecule has 0 radical (unpaired) electrons. The largest absolute Gasteiger partial charge is 0.352 e. The van der Waals surface area contributed by atoms with Gasteiger partial charge in [0.05, 0.1) is 11.7 Å². The Kier molecular flexibility index (Phi) is 5.31. The minimum absolute atomic E-state index is 0.0148.